The van der Waals surface area contributed by atoms with Crippen LogP contribution in [-0.4, -0.2) is 198 Å². The molecule has 2 aliphatic rings. The molecule has 0 aromatic carbocycles. The molecule has 2 aliphatic heterocycles. The molecule has 3 heterocycles. The number of carbonyl (C=O) groups is 10. The SMILES string of the molecule is CC(C)C[C@H](NC(=O)[C@@H]1CCCN1C(=O)[C@@H]1CCCN1C(=O)[C@H](Cc1cnc[nH]1)NC(=O)[C@H](CO)NC(=O)[C@H](CO)NC(=O)[C@@H](N)CCC(N)=O)C(=O)N[C@@H](CO)C(=O)N[C@H](C(=O)O)[C@@H](C)O. The molecule has 1 aromatic heterocycles. The van der Waals surface area contributed by atoms with Gasteiger partial charge in [-0.05, 0) is 51.4 Å². The van der Waals surface area contributed by atoms with Crippen LogP contribution in [0.4, 0.5) is 0 Å². The maximum absolute atomic E-state index is 14.4. The molecule has 10 atom stereocenters. The summed E-state index contributed by atoms with van der Waals surface area (Å²) in [5.74, 6) is -9.58. The van der Waals surface area contributed by atoms with Crippen LogP contribution in [0.1, 0.15) is 71.4 Å². The molecule has 0 bridgehead atoms. The minimum absolute atomic E-state index is 0.0472. The van der Waals surface area contributed by atoms with Gasteiger partial charge in [0, 0.05) is 37.8 Å². The third-order valence-corrected chi connectivity index (χ3v) is 11.1. The number of rotatable bonds is 26. The van der Waals surface area contributed by atoms with Gasteiger partial charge in [0.15, 0.2) is 6.04 Å². The van der Waals surface area contributed by atoms with E-state index < -0.39 is 139 Å². The number of H-pyrrole nitrogens is 1. The Bertz CT molecular complexity index is 1920. The molecule has 0 saturated carbocycles. The van der Waals surface area contributed by atoms with Crippen LogP contribution >= 0.6 is 0 Å². The van der Waals surface area contributed by atoms with Crippen molar-refractivity contribution in [3.05, 3.63) is 18.2 Å². The molecule has 0 radical (unpaired) electrons. The molecule has 2 fully saturated rings. The van der Waals surface area contributed by atoms with Gasteiger partial charge >= 0.3 is 5.97 Å². The Kier molecular flexibility index (Phi) is 21.5. The van der Waals surface area contributed by atoms with Crippen molar-refractivity contribution in [3.8, 4) is 0 Å². The zero-order valence-corrected chi connectivity index (χ0v) is 37.5. The highest BCUT2D eigenvalue weighted by Crippen LogP contribution is 2.26. The van der Waals surface area contributed by atoms with E-state index in [0.717, 1.165) is 6.92 Å². The minimum atomic E-state index is -1.75. The van der Waals surface area contributed by atoms with Crippen LogP contribution in [-0.2, 0) is 54.4 Å². The highest BCUT2D eigenvalue weighted by atomic mass is 16.4. The van der Waals surface area contributed by atoms with E-state index >= 15 is 0 Å². The Hall–Kier alpha value is -6.29. The molecule has 0 spiro atoms. The van der Waals surface area contributed by atoms with E-state index in [1.54, 1.807) is 13.8 Å². The average molecular weight is 953 g/mol. The van der Waals surface area contributed by atoms with E-state index in [9.17, 15) is 73.5 Å². The molecular formula is C40H64N12O15. The quantitative estimate of drug-likeness (QED) is 0.0410. The summed E-state index contributed by atoms with van der Waals surface area (Å²) in [7, 11) is 0. The van der Waals surface area contributed by atoms with Crippen molar-refractivity contribution in [2.75, 3.05) is 32.9 Å². The molecule has 9 amide bonds. The van der Waals surface area contributed by atoms with Gasteiger partial charge in [-0.25, -0.2) is 9.78 Å². The summed E-state index contributed by atoms with van der Waals surface area (Å²) in [4.78, 5) is 140. The first-order valence-electron chi connectivity index (χ1n) is 21.8. The number of likely N-dealkylation sites (tertiary alicyclic amines) is 2. The van der Waals surface area contributed by atoms with Crippen LogP contribution in [0.3, 0.4) is 0 Å². The number of carbonyl (C=O) groups excluding carboxylic acids is 9. The summed E-state index contributed by atoms with van der Waals surface area (Å²) in [6, 6.07) is -12.9. The van der Waals surface area contributed by atoms with E-state index in [0.29, 0.717) is 18.5 Å². The standard InChI is InChI=1S/C40H64N12O15/c1-19(2)12-23(33(59)48-27(17-55)36(62)50-31(20(3)56)40(66)67)45-37(63)28-6-4-10-51(28)39(65)29-7-5-11-52(29)38(64)24(13-21-14-43-18-44-21)46-34(60)26(16-54)49-35(61)25(15-53)47-32(58)22(41)8-9-30(42)57/h14,18-20,22-29,31,53-56H,4-13,15-17,41H2,1-3H3,(H2,42,57)(H,43,44)(H,45,63)(H,46,60)(H,47,58)(H,48,59)(H,49,61)(H,50,62)(H,66,67)/t20-,22+,23+,24+,25+,26+,27+,28+,29+,31+/m1/s1. The second-order valence-electron chi connectivity index (χ2n) is 16.8. The first-order chi connectivity index (χ1) is 31.6. The third kappa shape index (κ3) is 15.9. The molecule has 1 aromatic rings. The van der Waals surface area contributed by atoms with Crippen LogP contribution in [0, 0.1) is 5.92 Å². The zero-order valence-electron chi connectivity index (χ0n) is 37.5. The average Bonchev–Trinajstić information content (AvgIpc) is 4.09. The monoisotopic (exact) mass is 952 g/mol. The molecule has 3 rings (SSSR count). The van der Waals surface area contributed by atoms with Crippen LogP contribution < -0.4 is 43.4 Å². The summed E-state index contributed by atoms with van der Waals surface area (Å²) < 4.78 is 0. The van der Waals surface area contributed by atoms with Crippen molar-refractivity contribution < 1.29 is 73.5 Å². The fraction of sp³-hybridized carbons (Fsp3) is 0.675. The largest absolute Gasteiger partial charge is 0.480 e. The number of aliphatic hydroxyl groups excluding tert-OH is 4. The predicted molar refractivity (Wildman–Crippen MR) is 230 cm³/mol. The number of carboxylic acids is 1. The first kappa shape index (κ1) is 55.0. The van der Waals surface area contributed by atoms with Gasteiger partial charge in [-0.2, -0.15) is 0 Å². The van der Waals surface area contributed by atoms with Crippen molar-refractivity contribution >= 4 is 59.1 Å². The van der Waals surface area contributed by atoms with E-state index in [2.05, 4.69) is 36.6 Å². The number of aromatic amines is 1. The van der Waals surface area contributed by atoms with Crippen LogP contribution in [0.25, 0.3) is 0 Å². The molecule has 67 heavy (non-hydrogen) atoms. The number of amides is 9. The van der Waals surface area contributed by atoms with Crippen molar-refractivity contribution in [2.45, 2.75) is 133 Å². The van der Waals surface area contributed by atoms with Gasteiger partial charge in [-0.3, -0.25) is 43.2 Å². The molecule has 27 nitrogen and oxygen atoms in total. The Morgan fingerprint density at radius 2 is 1.24 bits per heavy atom. The van der Waals surface area contributed by atoms with E-state index in [1.807, 2.05) is 5.32 Å². The van der Waals surface area contributed by atoms with Gasteiger partial charge in [-0.15, -0.1) is 0 Å². The molecule has 374 valence electrons. The van der Waals surface area contributed by atoms with Crippen molar-refractivity contribution in [3.63, 3.8) is 0 Å². The lowest BCUT2D eigenvalue weighted by atomic mass is 10.0. The molecule has 0 unspecified atom stereocenters. The first-order valence-corrected chi connectivity index (χ1v) is 21.8. The number of nitrogens with two attached hydrogens (primary N) is 2. The van der Waals surface area contributed by atoms with Crippen LogP contribution in [0.2, 0.25) is 0 Å². The smallest absolute Gasteiger partial charge is 0.328 e. The number of primary amides is 1. The van der Waals surface area contributed by atoms with E-state index in [-0.39, 0.29) is 57.5 Å². The van der Waals surface area contributed by atoms with Gasteiger partial charge < -0.3 is 83.7 Å². The number of aliphatic carboxylic acids is 1. The Morgan fingerprint density at radius 1 is 0.731 bits per heavy atom. The fourth-order valence-corrected chi connectivity index (χ4v) is 7.52. The zero-order chi connectivity index (χ0) is 50.1. The number of nitrogens with one attached hydrogen (secondary N) is 7. The molecular weight excluding hydrogens is 889 g/mol. The summed E-state index contributed by atoms with van der Waals surface area (Å²) in [5.41, 5.74) is 11.2. The lowest BCUT2D eigenvalue weighted by Gasteiger charge is -2.33. The fourth-order valence-electron chi connectivity index (χ4n) is 7.52. The van der Waals surface area contributed by atoms with Crippen molar-refractivity contribution in [1.29, 1.82) is 0 Å². The lowest BCUT2D eigenvalue weighted by molar-refractivity contribution is -0.148. The Labute approximate surface area is 384 Å². The number of hydrogen-bond donors (Lipinski definition) is 14. The van der Waals surface area contributed by atoms with Crippen LogP contribution in [0.15, 0.2) is 12.5 Å². The summed E-state index contributed by atoms with van der Waals surface area (Å²) in [6.07, 6.45) is 1.75. The highest BCUT2D eigenvalue weighted by molar-refractivity contribution is 5.98. The predicted octanol–water partition coefficient (Wildman–Crippen LogP) is -7.08. The van der Waals surface area contributed by atoms with Gasteiger partial charge in [0.05, 0.1) is 38.3 Å². The van der Waals surface area contributed by atoms with Crippen molar-refractivity contribution in [1.82, 2.24) is 51.7 Å². The second-order valence-corrected chi connectivity index (χ2v) is 16.8. The number of carboxylic acid groups (broad SMARTS) is 1. The maximum Gasteiger partial charge on any atom is 0.328 e. The number of hydrogen-bond acceptors (Lipinski definition) is 16. The van der Waals surface area contributed by atoms with Gasteiger partial charge in [0.25, 0.3) is 0 Å². The number of aliphatic hydroxyl groups is 4. The topological polar surface area (TPSA) is 431 Å². The lowest BCUT2D eigenvalue weighted by Crippen LogP contribution is -2.61. The third-order valence-electron chi connectivity index (χ3n) is 11.1. The van der Waals surface area contributed by atoms with Crippen molar-refractivity contribution in [2.24, 2.45) is 17.4 Å². The molecule has 27 heteroatoms. The second kappa shape index (κ2) is 26.2. The summed E-state index contributed by atoms with van der Waals surface area (Å²) in [6.45, 7) is 1.91. The Morgan fingerprint density at radius 3 is 1.73 bits per heavy atom. The minimum Gasteiger partial charge on any atom is -0.480 e. The molecule has 0 aliphatic carbocycles. The summed E-state index contributed by atoms with van der Waals surface area (Å²) >= 11 is 0. The number of aromatic nitrogens is 2. The number of imidazole rings is 1. The normalized spacial score (nSPS) is 19.4. The van der Waals surface area contributed by atoms with E-state index in [4.69, 9.17) is 11.5 Å². The number of nitrogens with zero attached hydrogens (tertiary/aromatic N) is 3. The maximum atomic E-state index is 14.4. The highest BCUT2D eigenvalue weighted by Gasteiger charge is 2.45. The van der Waals surface area contributed by atoms with Gasteiger partial charge in [-0.1, -0.05) is 13.8 Å². The summed E-state index contributed by atoms with van der Waals surface area (Å²) in [5, 5.41) is 62.8. The molecule has 2 saturated heterocycles. The van der Waals surface area contributed by atoms with Crippen LogP contribution in [0.5, 0.6) is 0 Å². The van der Waals surface area contributed by atoms with Gasteiger partial charge in [0.1, 0.15) is 42.3 Å². The van der Waals surface area contributed by atoms with E-state index in [1.165, 1.54) is 22.3 Å². The molecule has 16 N–H and O–H groups in total. The van der Waals surface area contributed by atoms with Gasteiger partial charge in [0.2, 0.25) is 53.2 Å². The Balaban J connectivity index is 1.76.